The van der Waals surface area contributed by atoms with Crippen molar-refractivity contribution in [3.05, 3.63) is 75.8 Å². The standard InChI is InChI=1S/C25H21ClN2O3/c26-16-10-15-11-23(25-19-3-1-2-4-21(19)28-31-25)30-24(15)20(12-16)17-7-8-27-22-9-14(13-29)5-6-18(17)22/h5-10,12,23,29H,1-4,11,13H2/t23-/m1/s1. The predicted octanol–water partition coefficient (Wildman–Crippen LogP) is 5.59. The quantitative estimate of drug-likeness (QED) is 0.457. The predicted molar refractivity (Wildman–Crippen MR) is 118 cm³/mol. The molecule has 2 aromatic heterocycles. The fourth-order valence-electron chi connectivity index (χ4n) is 4.87. The molecule has 1 N–H and O–H groups in total. The van der Waals surface area contributed by atoms with Crippen molar-refractivity contribution < 1.29 is 14.4 Å². The number of ether oxygens (including phenoxy) is 1. The van der Waals surface area contributed by atoms with Gasteiger partial charge in [-0.05, 0) is 61.1 Å². The van der Waals surface area contributed by atoms with E-state index in [1.54, 1.807) is 6.20 Å². The van der Waals surface area contributed by atoms with Crippen LogP contribution in [-0.2, 0) is 25.9 Å². The van der Waals surface area contributed by atoms with Crippen molar-refractivity contribution in [3.8, 4) is 16.9 Å². The van der Waals surface area contributed by atoms with E-state index in [1.165, 1.54) is 5.56 Å². The van der Waals surface area contributed by atoms with Gasteiger partial charge in [-0.2, -0.15) is 0 Å². The smallest absolute Gasteiger partial charge is 0.181 e. The van der Waals surface area contributed by atoms with Gasteiger partial charge in [0.25, 0.3) is 0 Å². The van der Waals surface area contributed by atoms with Gasteiger partial charge in [0.05, 0.1) is 17.8 Å². The molecule has 0 spiro atoms. The third kappa shape index (κ3) is 3.11. The van der Waals surface area contributed by atoms with Crippen LogP contribution >= 0.6 is 11.6 Å². The maximum Gasteiger partial charge on any atom is 0.181 e. The zero-order chi connectivity index (χ0) is 20.9. The van der Waals surface area contributed by atoms with Crippen LogP contribution in [0.2, 0.25) is 5.02 Å². The summed E-state index contributed by atoms with van der Waals surface area (Å²) < 4.78 is 12.3. The van der Waals surface area contributed by atoms with E-state index in [9.17, 15) is 5.11 Å². The first-order valence-corrected chi connectivity index (χ1v) is 11.0. The lowest BCUT2D eigenvalue weighted by Gasteiger charge is -2.15. The highest BCUT2D eigenvalue weighted by atomic mass is 35.5. The van der Waals surface area contributed by atoms with Gasteiger partial charge in [0.2, 0.25) is 0 Å². The van der Waals surface area contributed by atoms with Gasteiger partial charge in [0.15, 0.2) is 11.9 Å². The van der Waals surface area contributed by atoms with Crippen molar-refractivity contribution in [2.45, 2.75) is 44.8 Å². The lowest BCUT2D eigenvalue weighted by molar-refractivity contribution is 0.189. The Morgan fingerprint density at radius 2 is 1.97 bits per heavy atom. The van der Waals surface area contributed by atoms with E-state index < -0.39 is 0 Å². The SMILES string of the molecule is OCc1ccc2c(-c3cc(Cl)cc4c3O[C@@H](c3onc5c3CCCC5)C4)ccnc2c1. The van der Waals surface area contributed by atoms with Gasteiger partial charge in [-0.15, -0.1) is 0 Å². The van der Waals surface area contributed by atoms with Crippen molar-refractivity contribution in [2.24, 2.45) is 0 Å². The summed E-state index contributed by atoms with van der Waals surface area (Å²) >= 11 is 6.53. The highest BCUT2D eigenvalue weighted by Gasteiger charge is 2.34. The Labute approximate surface area is 184 Å². The topological polar surface area (TPSA) is 68.4 Å². The third-order valence-electron chi connectivity index (χ3n) is 6.36. The third-order valence-corrected chi connectivity index (χ3v) is 6.58. The summed E-state index contributed by atoms with van der Waals surface area (Å²) in [6.45, 7) is -0.0132. The molecule has 1 aliphatic heterocycles. The molecule has 1 atom stereocenters. The molecular formula is C25H21ClN2O3. The fraction of sp³-hybridized carbons (Fsp3) is 0.280. The number of hydrogen-bond acceptors (Lipinski definition) is 5. The fourth-order valence-corrected chi connectivity index (χ4v) is 5.11. The highest BCUT2D eigenvalue weighted by Crippen LogP contribution is 2.47. The largest absolute Gasteiger partial charge is 0.481 e. The Hall–Kier alpha value is -2.89. The van der Waals surface area contributed by atoms with Gasteiger partial charge >= 0.3 is 0 Å². The number of fused-ring (bicyclic) bond motifs is 3. The molecule has 0 fully saturated rings. The molecule has 0 unspecified atom stereocenters. The Kier molecular flexibility index (Phi) is 4.47. The lowest BCUT2D eigenvalue weighted by atomic mass is 9.93. The summed E-state index contributed by atoms with van der Waals surface area (Å²) in [5, 5.41) is 15.5. The Balaban J connectivity index is 1.45. The van der Waals surface area contributed by atoms with Crippen LogP contribution in [0.3, 0.4) is 0 Å². The Morgan fingerprint density at radius 1 is 1.06 bits per heavy atom. The van der Waals surface area contributed by atoms with Crippen LogP contribution in [0.5, 0.6) is 5.75 Å². The van der Waals surface area contributed by atoms with Crippen molar-refractivity contribution in [1.82, 2.24) is 10.1 Å². The van der Waals surface area contributed by atoms with E-state index >= 15 is 0 Å². The first-order chi connectivity index (χ1) is 15.2. The molecule has 0 saturated carbocycles. The zero-order valence-corrected chi connectivity index (χ0v) is 17.7. The van der Waals surface area contributed by atoms with Crippen LogP contribution in [0.1, 0.15) is 47.1 Å². The minimum absolute atomic E-state index is 0.0132. The molecule has 0 radical (unpaired) electrons. The van der Waals surface area contributed by atoms with Gasteiger partial charge in [0.1, 0.15) is 5.75 Å². The number of hydrogen-bond donors (Lipinski definition) is 1. The van der Waals surface area contributed by atoms with Gasteiger partial charge in [-0.1, -0.05) is 28.9 Å². The second-order valence-corrected chi connectivity index (χ2v) is 8.74. The van der Waals surface area contributed by atoms with Gasteiger partial charge in [-0.3, -0.25) is 4.98 Å². The van der Waals surface area contributed by atoms with Crippen molar-refractivity contribution in [1.29, 1.82) is 0 Å². The van der Waals surface area contributed by atoms with Crippen LogP contribution in [0.15, 0.2) is 47.1 Å². The van der Waals surface area contributed by atoms with Crippen molar-refractivity contribution in [2.75, 3.05) is 0 Å². The molecule has 156 valence electrons. The molecule has 5 nitrogen and oxygen atoms in total. The minimum atomic E-state index is -0.185. The monoisotopic (exact) mass is 432 g/mol. The maximum absolute atomic E-state index is 9.47. The lowest BCUT2D eigenvalue weighted by Crippen LogP contribution is -2.08. The van der Waals surface area contributed by atoms with Crippen LogP contribution in [-0.4, -0.2) is 15.2 Å². The van der Waals surface area contributed by atoms with Crippen LogP contribution in [0, 0.1) is 0 Å². The normalized spacial score (nSPS) is 17.4. The van der Waals surface area contributed by atoms with E-state index in [0.717, 1.165) is 76.0 Å². The van der Waals surface area contributed by atoms with Gasteiger partial charge in [-0.25, -0.2) is 0 Å². The molecule has 6 rings (SSSR count). The van der Waals surface area contributed by atoms with E-state index in [1.807, 2.05) is 36.4 Å². The van der Waals surface area contributed by atoms with Crippen LogP contribution in [0.4, 0.5) is 0 Å². The molecule has 3 heterocycles. The zero-order valence-electron chi connectivity index (χ0n) is 16.9. The van der Waals surface area contributed by atoms with E-state index in [2.05, 4.69) is 10.1 Å². The molecule has 0 amide bonds. The summed E-state index contributed by atoms with van der Waals surface area (Å²) in [5.74, 6) is 1.70. The molecular weight excluding hydrogens is 412 g/mol. The summed E-state index contributed by atoms with van der Waals surface area (Å²) in [4.78, 5) is 4.49. The molecule has 2 aromatic carbocycles. The molecule has 4 aromatic rings. The summed E-state index contributed by atoms with van der Waals surface area (Å²) in [6.07, 6.45) is 6.62. The number of aromatic nitrogens is 2. The van der Waals surface area contributed by atoms with Gasteiger partial charge in [0, 0.05) is 39.7 Å². The Morgan fingerprint density at radius 3 is 2.87 bits per heavy atom. The molecule has 2 aliphatic rings. The molecule has 1 aliphatic carbocycles. The molecule has 6 heteroatoms. The van der Waals surface area contributed by atoms with Crippen LogP contribution < -0.4 is 4.74 Å². The van der Waals surface area contributed by atoms with Crippen molar-refractivity contribution in [3.63, 3.8) is 0 Å². The second kappa shape index (κ2) is 7.36. The Bertz CT molecular complexity index is 1310. The number of halogens is 1. The number of rotatable bonds is 3. The molecule has 0 bridgehead atoms. The number of aryl methyl sites for hydroxylation is 1. The van der Waals surface area contributed by atoms with Crippen molar-refractivity contribution >= 4 is 22.5 Å². The first kappa shape index (κ1) is 18.8. The number of benzene rings is 2. The first-order valence-electron chi connectivity index (χ1n) is 10.7. The number of pyridine rings is 1. The molecule has 31 heavy (non-hydrogen) atoms. The summed E-state index contributed by atoms with van der Waals surface area (Å²) in [5.41, 5.74) is 7.00. The number of nitrogens with zero attached hydrogens (tertiary/aromatic N) is 2. The van der Waals surface area contributed by atoms with E-state index in [4.69, 9.17) is 20.9 Å². The maximum atomic E-state index is 9.47. The van der Waals surface area contributed by atoms with E-state index in [-0.39, 0.29) is 12.7 Å². The number of aliphatic hydroxyl groups is 1. The van der Waals surface area contributed by atoms with Gasteiger partial charge < -0.3 is 14.4 Å². The minimum Gasteiger partial charge on any atom is -0.481 e. The van der Waals surface area contributed by atoms with Crippen LogP contribution in [0.25, 0.3) is 22.0 Å². The highest BCUT2D eigenvalue weighted by molar-refractivity contribution is 6.31. The van der Waals surface area contributed by atoms with E-state index in [0.29, 0.717) is 11.4 Å². The summed E-state index contributed by atoms with van der Waals surface area (Å²) in [6, 6.07) is 11.7. The number of aliphatic hydroxyl groups excluding tert-OH is 1. The average molecular weight is 433 g/mol. The average Bonchev–Trinajstić information content (AvgIpc) is 3.41. The molecule has 0 saturated heterocycles. The second-order valence-electron chi connectivity index (χ2n) is 8.30. The summed E-state index contributed by atoms with van der Waals surface area (Å²) in [7, 11) is 0.